The molecule has 1 atom stereocenters. The molecular weight excluding hydrogens is 277 g/mol. The molecule has 2 rings (SSSR count). The summed E-state index contributed by atoms with van der Waals surface area (Å²) in [7, 11) is 0. The van der Waals surface area contributed by atoms with Gasteiger partial charge in [0, 0.05) is 11.1 Å². The second kappa shape index (κ2) is 6.73. The molecule has 0 saturated heterocycles. The van der Waals surface area contributed by atoms with Crippen molar-refractivity contribution in [2.24, 2.45) is 5.73 Å². The van der Waals surface area contributed by atoms with Gasteiger partial charge in [-0.3, -0.25) is 0 Å². The Morgan fingerprint density at radius 2 is 2.05 bits per heavy atom. The van der Waals surface area contributed by atoms with Gasteiger partial charge in [0.1, 0.15) is 17.3 Å². The molecule has 2 nitrogen and oxygen atoms in total. The van der Waals surface area contributed by atoms with Crippen molar-refractivity contribution in [1.82, 2.24) is 0 Å². The van der Waals surface area contributed by atoms with E-state index in [-0.39, 0.29) is 11.9 Å². The average molecular weight is 294 g/mol. The fourth-order valence-corrected chi connectivity index (χ4v) is 2.07. The van der Waals surface area contributed by atoms with Crippen molar-refractivity contribution in [3.8, 4) is 11.5 Å². The zero-order valence-corrected chi connectivity index (χ0v) is 12.0. The van der Waals surface area contributed by atoms with Crippen LogP contribution in [0.4, 0.5) is 4.39 Å². The highest BCUT2D eigenvalue weighted by Gasteiger charge is 2.10. The van der Waals surface area contributed by atoms with Gasteiger partial charge in [-0.2, -0.15) is 0 Å². The molecule has 20 heavy (non-hydrogen) atoms. The fraction of sp³-hybridized carbons (Fsp3) is 0.250. The Balaban J connectivity index is 2.26. The lowest BCUT2D eigenvalue weighted by atomic mass is 10.0. The summed E-state index contributed by atoms with van der Waals surface area (Å²) in [5.74, 6) is 0.940. The summed E-state index contributed by atoms with van der Waals surface area (Å²) in [6.45, 7) is 2.00. The number of ether oxygens (including phenoxy) is 1. The summed E-state index contributed by atoms with van der Waals surface area (Å²) in [6.07, 6.45) is 1.40. The minimum Gasteiger partial charge on any atom is -0.457 e. The van der Waals surface area contributed by atoms with Gasteiger partial charge in [-0.1, -0.05) is 24.6 Å². The summed E-state index contributed by atoms with van der Waals surface area (Å²) in [4.78, 5) is 0. The molecule has 0 spiro atoms. The van der Waals surface area contributed by atoms with Crippen LogP contribution in [0, 0.1) is 5.82 Å². The van der Waals surface area contributed by atoms with Crippen LogP contribution in [-0.2, 0) is 6.42 Å². The third-order valence-corrected chi connectivity index (χ3v) is 3.29. The Morgan fingerprint density at radius 1 is 1.25 bits per heavy atom. The summed E-state index contributed by atoms with van der Waals surface area (Å²) < 4.78 is 19.2. The van der Waals surface area contributed by atoms with E-state index >= 15 is 0 Å². The monoisotopic (exact) mass is 293 g/mol. The summed E-state index contributed by atoms with van der Waals surface area (Å²) in [5.41, 5.74) is 6.71. The SMILES string of the molecule is CCC(N)Cc1cc(F)ccc1Oc1cccc(Cl)c1. The second-order valence-corrected chi connectivity index (χ2v) is 5.12. The standard InChI is InChI=1S/C16H17ClFNO/c1-2-14(19)9-11-8-13(18)6-7-16(11)20-15-5-3-4-12(17)10-15/h3-8,10,14H,2,9,19H2,1H3. The molecule has 0 saturated carbocycles. The average Bonchev–Trinajstić information content (AvgIpc) is 2.42. The predicted octanol–water partition coefficient (Wildman–Crippen LogP) is 4.55. The first-order valence-corrected chi connectivity index (χ1v) is 6.93. The maximum Gasteiger partial charge on any atom is 0.130 e. The molecular formula is C16H17ClFNO. The number of rotatable bonds is 5. The Morgan fingerprint density at radius 3 is 2.75 bits per heavy atom. The van der Waals surface area contributed by atoms with Crippen LogP contribution in [0.1, 0.15) is 18.9 Å². The van der Waals surface area contributed by atoms with E-state index in [1.54, 1.807) is 30.3 Å². The van der Waals surface area contributed by atoms with Gasteiger partial charge in [0.15, 0.2) is 0 Å². The van der Waals surface area contributed by atoms with Crippen molar-refractivity contribution in [1.29, 1.82) is 0 Å². The lowest BCUT2D eigenvalue weighted by Gasteiger charge is -2.14. The second-order valence-electron chi connectivity index (χ2n) is 4.68. The van der Waals surface area contributed by atoms with E-state index in [0.29, 0.717) is 22.9 Å². The molecule has 0 bridgehead atoms. The quantitative estimate of drug-likeness (QED) is 0.877. The highest BCUT2D eigenvalue weighted by atomic mass is 35.5. The van der Waals surface area contributed by atoms with Gasteiger partial charge in [0.05, 0.1) is 0 Å². The van der Waals surface area contributed by atoms with E-state index in [9.17, 15) is 4.39 Å². The van der Waals surface area contributed by atoms with E-state index in [1.165, 1.54) is 12.1 Å². The van der Waals surface area contributed by atoms with Crippen LogP contribution >= 0.6 is 11.6 Å². The number of benzene rings is 2. The van der Waals surface area contributed by atoms with Crippen molar-refractivity contribution >= 4 is 11.6 Å². The number of halogens is 2. The first-order chi connectivity index (χ1) is 9.58. The normalized spacial score (nSPS) is 12.2. The summed E-state index contributed by atoms with van der Waals surface area (Å²) in [5, 5.41) is 0.594. The maximum absolute atomic E-state index is 13.4. The van der Waals surface area contributed by atoms with Crippen molar-refractivity contribution in [3.05, 3.63) is 58.9 Å². The zero-order valence-electron chi connectivity index (χ0n) is 11.3. The molecule has 2 aromatic rings. The van der Waals surface area contributed by atoms with Crippen molar-refractivity contribution in [2.45, 2.75) is 25.8 Å². The molecule has 2 N–H and O–H groups in total. The third kappa shape index (κ3) is 3.95. The van der Waals surface area contributed by atoms with Crippen LogP contribution in [0.15, 0.2) is 42.5 Å². The maximum atomic E-state index is 13.4. The molecule has 0 aliphatic rings. The van der Waals surface area contributed by atoms with Crippen LogP contribution in [-0.4, -0.2) is 6.04 Å². The van der Waals surface area contributed by atoms with Crippen LogP contribution in [0.2, 0.25) is 5.02 Å². The van der Waals surface area contributed by atoms with Gasteiger partial charge in [-0.25, -0.2) is 4.39 Å². The first kappa shape index (κ1) is 14.8. The third-order valence-electron chi connectivity index (χ3n) is 3.05. The van der Waals surface area contributed by atoms with Gasteiger partial charge in [0.25, 0.3) is 0 Å². The van der Waals surface area contributed by atoms with Crippen molar-refractivity contribution < 1.29 is 9.13 Å². The Bertz CT molecular complexity index is 588. The zero-order chi connectivity index (χ0) is 14.5. The van der Waals surface area contributed by atoms with Crippen molar-refractivity contribution in [2.75, 3.05) is 0 Å². The molecule has 0 radical (unpaired) electrons. The van der Waals surface area contributed by atoms with E-state index in [1.807, 2.05) is 6.92 Å². The Kier molecular flexibility index (Phi) is 4.99. The predicted molar refractivity (Wildman–Crippen MR) is 79.9 cm³/mol. The molecule has 106 valence electrons. The summed E-state index contributed by atoms with van der Waals surface area (Å²) >= 11 is 5.92. The lowest BCUT2D eigenvalue weighted by Crippen LogP contribution is -2.21. The van der Waals surface area contributed by atoms with Gasteiger partial charge in [0.2, 0.25) is 0 Å². The van der Waals surface area contributed by atoms with Gasteiger partial charge in [-0.15, -0.1) is 0 Å². The van der Waals surface area contributed by atoms with Crippen LogP contribution in [0.25, 0.3) is 0 Å². The smallest absolute Gasteiger partial charge is 0.130 e. The molecule has 0 fully saturated rings. The minimum atomic E-state index is -0.290. The van der Waals surface area contributed by atoms with Gasteiger partial charge >= 0.3 is 0 Å². The summed E-state index contributed by atoms with van der Waals surface area (Å²) in [6, 6.07) is 11.5. The number of hydrogen-bond donors (Lipinski definition) is 1. The van der Waals surface area contributed by atoms with Crippen LogP contribution < -0.4 is 10.5 Å². The highest BCUT2D eigenvalue weighted by molar-refractivity contribution is 6.30. The fourth-order valence-electron chi connectivity index (χ4n) is 1.89. The molecule has 2 aromatic carbocycles. The van der Waals surface area contributed by atoms with E-state index < -0.39 is 0 Å². The Hall–Kier alpha value is -1.58. The van der Waals surface area contributed by atoms with E-state index in [0.717, 1.165) is 12.0 Å². The highest BCUT2D eigenvalue weighted by Crippen LogP contribution is 2.28. The Labute approximate surface area is 123 Å². The molecule has 0 aromatic heterocycles. The molecule has 1 unspecified atom stereocenters. The van der Waals surface area contributed by atoms with E-state index in [4.69, 9.17) is 22.1 Å². The molecule has 0 amide bonds. The number of nitrogens with two attached hydrogens (primary N) is 1. The van der Waals surface area contributed by atoms with E-state index in [2.05, 4.69) is 0 Å². The van der Waals surface area contributed by atoms with Crippen LogP contribution in [0.5, 0.6) is 11.5 Å². The lowest BCUT2D eigenvalue weighted by molar-refractivity contribution is 0.469. The van der Waals surface area contributed by atoms with Crippen LogP contribution in [0.3, 0.4) is 0 Å². The largest absolute Gasteiger partial charge is 0.457 e. The molecule has 0 aliphatic carbocycles. The van der Waals surface area contributed by atoms with Gasteiger partial charge < -0.3 is 10.5 Å². The molecule has 4 heteroatoms. The topological polar surface area (TPSA) is 35.2 Å². The van der Waals surface area contributed by atoms with Crippen molar-refractivity contribution in [3.63, 3.8) is 0 Å². The first-order valence-electron chi connectivity index (χ1n) is 6.56. The van der Waals surface area contributed by atoms with Gasteiger partial charge in [-0.05, 0) is 54.8 Å². The minimum absolute atomic E-state index is 0.0153. The molecule has 0 heterocycles. The number of hydrogen-bond acceptors (Lipinski definition) is 2. The molecule has 0 aliphatic heterocycles.